The fourth-order valence-electron chi connectivity index (χ4n) is 1.86. The van der Waals surface area contributed by atoms with Crippen LogP contribution < -0.4 is 0 Å². The lowest BCUT2D eigenvalue weighted by molar-refractivity contribution is -0.109. The highest BCUT2D eigenvalue weighted by Gasteiger charge is 2.48. The van der Waals surface area contributed by atoms with Gasteiger partial charge in [0.05, 0.1) is 0 Å². The van der Waals surface area contributed by atoms with Crippen LogP contribution in [0.1, 0.15) is 46.5 Å². The monoisotopic (exact) mass is 168 g/mol. The predicted octanol–water partition coefficient (Wildman–Crippen LogP) is 3.04. The molecule has 0 bridgehead atoms. The zero-order valence-corrected chi connectivity index (χ0v) is 8.47. The van der Waals surface area contributed by atoms with E-state index in [0.717, 1.165) is 18.6 Å². The number of rotatable bonds is 5. The number of hydrogen-bond donors (Lipinski definition) is 0. The molecule has 1 aliphatic rings. The van der Waals surface area contributed by atoms with Crippen LogP contribution >= 0.6 is 0 Å². The number of carbonyl (C=O) groups excluding carboxylic acids is 1. The fourth-order valence-corrected chi connectivity index (χ4v) is 1.86. The summed E-state index contributed by atoms with van der Waals surface area (Å²) in [6.45, 7) is 6.76. The summed E-state index contributed by atoms with van der Waals surface area (Å²) >= 11 is 0. The summed E-state index contributed by atoms with van der Waals surface area (Å²) in [4.78, 5) is 10.5. The second kappa shape index (κ2) is 3.59. The van der Waals surface area contributed by atoms with Crippen molar-refractivity contribution in [3.8, 4) is 0 Å². The SMILES string of the molecule is CC(C)CCC[C@]1(C)C[C@@H]1C=O. The van der Waals surface area contributed by atoms with Gasteiger partial charge in [-0.2, -0.15) is 0 Å². The standard InChI is InChI=1S/C11H20O/c1-9(2)5-4-6-11(3)7-10(11)8-12/h8-10H,4-7H2,1-3H3/t10-,11-/m1/s1. The van der Waals surface area contributed by atoms with E-state index in [2.05, 4.69) is 20.8 Å². The second-order valence-electron chi connectivity index (χ2n) is 4.89. The molecule has 0 saturated heterocycles. The second-order valence-corrected chi connectivity index (χ2v) is 4.89. The van der Waals surface area contributed by atoms with E-state index in [1.54, 1.807) is 0 Å². The molecule has 0 heterocycles. The minimum Gasteiger partial charge on any atom is -0.303 e. The third-order valence-electron chi connectivity index (χ3n) is 3.11. The Hall–Kier alpha value is -0.330. The van der Waals surface area contributed by atoms with Crippen molar-refractivity contribution < 1.29 is 4.79 Å². The molecule has 2 atom stereocenters. The summed E-state index contributed by atoms with van der Waals surface area (Å²) in [7, 11) is 0. The van der Waals surface area contributed by atoms with Gasteiger partial charge in [-0.15, -0.1) is 0 Å². The molecule has 0 aromatic heterocycles. The molecule has 1 aliphatic carbocycles. The lowest BCUT2D eigenvalue weighted by atomic mass is 9.96. The summed E-state index contributed by atoms with van der Waals surface area (Å²) in [5, 5.41) is 0. The predicted molar refractivity (Wildman–Crippen MR) is 51.0 cm³/mol. The average molecular weight is 168 g/mol. The first kappa shape index (κ1) is 9.76. The highest BCUT2D eigenvalue weighted by Crippen LogP contribution is 2.54. The van der Waals surface area contributed by atoms with Crippen LogP contribution in [0.15, 0.2) is 0 Å². The topological polar surface area (TPSA) is 17.1 Å². The number of hydrogen-bond acceptors (Lipinski definition) is 1. The highest BCUT2D eigenvalue weighted by molar-refractivity contribution is 5.59. The van der Waals surface area contributed by atoms with E-state index in [4.69, 9.17) is 0 Å². The number of carbonyl (C=O) groups is 1. The Bertz CT molecular complexity index is 162. The van der Waals surface area contributed by atoms with Gasteiger partial charge in [-0.3, -0.25) is 0 Å². The maximum absolute atomic E-state index is 10.5. The highest BCUT2D eigenvalue weighted by atomic mass is 16.1. The molecule has 0 spiro atoms. The molecule has 0 amide bonds. The molecule has 1 nitrogen and oxygen atoms in total. The smallest absolute Gasteiger partial charge is 0.123 e. The lowest BCUT2D eigenvalue weighted by Gasteiger charge is -2.09. The Morgan fingerprint density at radius 1 is 1.58 bits per heavy atom. The summed E-state index contributed by atoms with van der Waals surface area (Å²) in [5.41, 5.74) is 0.386. The fraction of sp³-hybridized carbons (Fsp3) is 0.909. The van der Waals surface area contributed by atoms with Crippen LogP contribution in [0.3, 0.4) is 0 Å². The molecule has 0 aromatic rings. The van der Waals surface area contributed by atoms with E-state index < -0.39 is 0 Å². The van der Waals surface area contributed by atoms with Gasteiger partial charge in [0.25, 0.3) is 0 Å². The molecular weight excluding hydrogens is 148 g/mol. The normalized spacial score (nSPS) is 33.8. The molecule has 12 heavy (non-hydrogen) atoms. The first-order valence-electron chi connectivity index (χ1n) is 5.04. The summed E-state index contributed by atoms with van der Waals surface area (Å²) in [6.07, 6.45) is 6.11. The lowest BCUT2D eigenvalue weighted by Crippen LogP contribution is -2.00. The molecule has 1 fully saturated rings. The van der Waals surface area contributed by atoms with Gasteiger partial charge in [0.2, 0.25) is 0 Å². The molecule has 1 rings (SSSR count). The largest absolute Gasteiger partial charge is 0.303 e. The van der Waals surface area contributed by atoms with Crippen LogP contribution in [-0.4, -0.2) is 6.29 Å². The zero-order chi connectivity index (χ0) is 9.19. The molecule has 0 unspecified atom stereocenters. The quantitative estimate of drug-likeness (QED) is 0.577. The first-order valence-corrected chi connectivity index (χ1v) is 5.04. The van der Waals surface area contributed by atoms with Crippen LogP contribution in [0.5, 0.6) is 0 Å². The van der Waals surface area contributed by atoms with E-state index in [9.17, 15) is 4.79 Å². The van der Waals surface area contributed by atoms with E-state index >= 15 is 0 Å². The summed E-state index contributed by atoms with van der Waals surface area (Å²) in [5.74, 6) is 1.19. The Balaban J connectivity index is 2.12. The van der Waals surface area contributed by atoms with E-state index in [0.29, 0.717) is 11.3 Å². The maximum Gasteiger partial charge on any atom is 0.123 e. The van der Waals surface area contributed by atoms with Gasteiger partial charge in [-0.25, -0.2) is 0 Å². The Labute approximate surface area is 75.5 Å². The first-order chi connectivity index (χ1) is 5.58. The van der Waals surface area contributed by atoms with Gasteiger partial charge in [0, 0.05) is 5.92 Å². The Morgan fingerprint density at radius 2 is 2.25 bits per heavy atom. The van der Waals surface area contributed by atoms with Crippen LogP contribution in [0.4, 0.5) is 0 Å². The maximum atomic E-state index is 10.5. The minimum atomic E-state index is 0.379. The zero-order valence-electron chi connectivity index (χ0n) is 8.47. The van der Waals surface area contributed by atoms with E-state index in [-0.39, 0.29) is 0 Å². The third-order valence-corrected chi connectivity index (χ3v) is 3.11. The van der Waals surface area contributed by atoms with Gasteiger partial charge in [-0.05, 0) is 24.2 Å². The molecule has 0 radical (unpaired) electrons. The molecule has 0 N–H and O–H groups in total. The van der Waals surface area contributed by atoms with Crippen molar-refractivity contribution in [1.29, 1.82) is 0 Å². The van der Waals surface area contributed by atoms with Crippen molar-refractivity contribution >= 4 is 6.29 Å². The van der Waals surface area contributed by atoms with Crippen molar-refractivity contribution in [2.75, 3.05) is 0 Å². The van der Waals surface area contributed by atoms with Crippen molar-refractivity contribution in [1.82, 2.24) is 0 Å². The molecule has 0 aliphatic heterocycles. The van der Waals surface area contributed by atoms with Gasteiger partial charge in [0.1, 0.15) is 6.29 Å². The van der Waals surface area contributed by atoms with Crippen molar-refractivity contribution in [3.05, 3.63) is 0 Å². The Morgan fingerprint density at radius 3 is 2.67 bits per heavy atom. The average Bonchev–Trinajstić information content (AvgIpc) is 2.61. The Kier molecular flexibility index (Phi) is 2.92. The van der Waals surface area contributed by atoms with Crippen LogP contribution in [0, 0.1) is 17.3 Å². The molecule has 70 valence electrons. The molecule has 1 saturated carbocycles. The number of aldehydes is 1. The molecular formula is C11H20O. The van der Waals surface area contributed by atoms with Gasteiger partial charge in [0.15, 0.2) is 0 Å². The minimum absolute atomic E-state index is 0.379. The van der Waals surface area contributed by atoms with Crippen molar-refractivity contribution in [2.45, 2.75) is 46.5 Å². The summed E-state index contributed by atoms with van der Waals surface area (Å²) in [6, 6.07) is 0. The van der Waals surface area contributed by atoms with Crippen LogP contribution in [0.25, 0.3) is 0 Å². The van der Waals surface area contributed by atoms with Crippen LogP contribution in [0.2, 0.25) is 0 Å². The van der Waals surface area contributed by atoms with Gasteiger partial charge >= 0.3 is 0 Å². The third kappa shape index (κ3) is 2.33. The molecule has 1 heteroatoms. The van der Waals surface area contributed by atoms with Gasteiger partial charge in [-0.1, -0.05) is 33.6 Å². The van der Waals surface area contributed by atoms with Crippen molar-refractivity contribution in [2.24, 2.45) is 17.3 Å². The molecule has 0 aromatic carbocycles. The van der Waals surface area contributed by atoms with Gasteiger partial charge < -0.3 is 4.79 Å². The van der Waals surface area contributed by atoms with Crippen LogP contribution in [-0.2, 0) is 4.79 Å². The van der Waals surface area contributed by atoms with E-state index in [1.807, 2.05) is 0 Å². The van der Waals surface area contributed by atoms with Crippen molar-refractivity contribution in [3.63, 3.8) is 0 Å². The van der Waals surface area contributed by atoms with E-state index in [1.165, 1.54) is 19.3 Å². The summed E-state index contributed by atoms with van der Waals surface area (Å²) < 4.78 is 0.